The molecule has 25 heavy (non-hydrogen) atoms. The van der Waals surface area contributed by atoms with Crippen molar-refractivity contribution in [3.63, 3.8) is 0 Å². The highest BCUT2D eigenvalue weighted by Gasteiger charge is 2.16. The third-order valence-electron chi connectivity index (χ3n) is 3.31. The molecule has 0 bridgehead atoms. The standard InChI is InChI=1S/C19H20O6/c1-4-23-14-8-6-13(17(11-14)24-5-2)7-9-15(20)18-16(21)10-12(3)25-19(18)22/h6-11,21H,4-5H2,1-3H3. The van der Waals surface area contributed by atoms with E-state index in [2.05, 4.69) is 0 Å². The lowest BCUT2D eigenvalue weighted by molar-refractivity contribution is 0.104. The molecule has 6 nitrogen and oxygen atoms in total. The van der Waals surface area contributed by atoms with Gasteiger partial charge in [-0.25, -0.2) is 4.79 Å². The highest BCUT2D eigenvalue weighted by atomic mass is 16.5. The number of aromatic hydroxyl groups is 1. The third-order valence-corrected chi connectivity index (χ3v) is 3.31. The topological polar surface area (TPSA) is 86.0 Å². The summed E-state index contributed by atoms with van der Waals surface area (Å²) in [7, 11) is 0. The molecule has 0 saturated heterocycles. The fourth-order valence-corrected chi connectivity index (χ4v) is 2.26. The second kappa shape index (κ2) is 8.19. The molecule has 1 aromatic heterocycles. The SMILES string of the molecule is CCOc1ccc(C=CC(=O)c2c(O)cc(C)oc2=O)c(OCC)c1. The van der Waals surface area contributed by atoms with Crippen LogP contribution in [-0.4, -0.2) is 24.1 Å². The Labute approximate surface area is 145 Å². The van der Waals surface area contributed by atoms with Crippen LogP contribution in [0.5, 0.6) is 17.2 Å². The fourth-order valence-electron chi connectivity index (χ4n) is 2.26. The Bertz CT molecular complexity index is 847. The van der Waals surface area contributed by atoms with Crippen molar-refractivity contribution in [2.45, 2.75) is 20.8 Å². The number of ketones is 1. The van der Waals surface area contributed by atoms with Gasteiger partial charge >= 0.3 is 5.63 Å². The van der Waals surface area contributed by atoms with E-state index in [1.807, 2.05) is 13.8 Å². The van der Waals surface area contributed by atoms with Crippen molar-refractivity contribution in [1.29, 1.82) is 0 Å². The first-order chi connectivity index (χ1) is 12.0. The highest BCUT2D eigenvalue weighted by molar-refractivity contribution is 6.08. The lowest BCUT2D eigenvalue weighted by Crippen LogP contribution is -2.13. The molecular formula is C19H20O6. The van der Waals surface area contributed by atoms with Crippen molar-refractivity contribution in [2.24, 2.45) is 0 Å². The molecule has 0 radical (unpaired) electrons. The molecule has 0 aliphatic rings. The van der Waals surface area contributed by atoms with Crippen molar-refractivity contribution in [1.82, 2.24) is 0 Å². The molecule has 1 N–H and O–H groups in total. The molecule has 0 atom stereocenters. The molecule has 0 spiro atoms. The summed E-state index contributed by atoms with van der Waals surface area (Å²) in [5, 5.41) is 9.82. The van der Waals surface area contributed by atoms with E-state index in [0.717, 1.165) is 0 Å². The van der Waals surface area contributed by atoms with Crippen LogP contribution in [0.2, 0.25) is 0 Å². The average molecular weight is 344 g/mol. The molecule has 0 saturated carbocycles. The lowest BCUT2D eigenvalue weighted by atomic mass is 10.1. The second-order valence-corrected chi connectivity index (χ2v) is 5.17. The Morgan fingerprint density at radius 3 is 2.56 bits per heavy atom. The Morgan fingerprint density at radius 1 is 1.20 bits per heavy atom. The summed E-state index contributed by atoms with van der Waals surface area (Å²) in [5.74, 6) is 0.389. The van der Waals surface area contributed by atoms with Gasteiger partial charge in [-0.3, -0.25) is 4.79 Å². The number of allylic oxidation sites excluding steroid dienone is 1. The molecule has 6 heteroatoms. The van der Waals surface area contributed by atoms with Gasteiger partial charge in [0.05, 0.1) is 13.2 Å². The molecule has 0 aliphatic carbocycles. The summed E-state index contributed by atoms with van der Waals surface area (Å²) in [4.78, 5) is 24.0. The molecule has 2 rings (SSSR count). The van der Waals surface area contributed by atoms with E-state index in [9.17, 15) is 14.7 Å². The number of aryl methyl sites for hydroxylation is 1. The minimum Gasteiger partial charge on any atom is -0.507 e. The van der Waals surface area contributed by atoms with Gasteiger partial charge in [-0.2, -0.15) is 0 Å². The Kier molecular flexibility index (Phi) is 6.00. The normalized spacial score (nSPS) is 10.8. The maximum Gasteiger partial charge on any atom is 0.351 e. The number of benzene rings is 1. The van der Waals surface area contributed by atoms with Gasteiger partial charge in [0.25, 0.3) is 0 Å². The summed E-state index contributed by atoms with van der Waals surface area (Å²) < 4.78 is 15.8. The predicted octanol–water partition coefficient (Wildman–Crippen LogP) is 3.35. The van der Waals surface area contributed by atoms with Gasteiger partial charge in [-0.15, -0.1) is 0 Å². The third kappa shape index (κ3) is 4.50. The molecular weight excluding hydrogens is 324 g/mol. The summed E-state index contributed by atoms with van der Waals surface area (Å²) >= 11 is 0. The summed E-state index contributed by atoms with van der Waals surface area (Å²) in [6.07, 6.45) is 2.71. The number of rotatable bonds is 7. The van der Waals surface area contributed by atoms with Gasteiger partial charge in [-0.05, 0) is 45.1 Å². The quantitative estimate of drug-likeness (QED) is 0.612. The van der Waals surface area contributed by atoms with Crippen LogP contribution in [-0.2, 0) is 0 Å². The van der Waals surface area contributed by atoms with Gasteiger partial charge in [0, 0.05) is 17.7 Å². The summed E-state index contributed by atoms with van der Waals surface area (Å²) in [5.41, 5.74) is -0.621. The smallest absolute Gasteiger partial charge is 0.351 e. The van der Waals surface area contributed by atoms with Crippen LogP contribution in [0.3, 0.4) is 0 Å². The van der Waals surface area contributed by atoms with E-state index in [-0.39, 0.29) is 5.76 Å². The zero-order valence-electron chi connectivity index (χ0n) is 14.4. The molecule has 2 aromatic rings. The van der Waals surface area contributed by atoms with Crippen molar-refractivity contribution >= 4 is 11.9 Å². The zero-order valence-corrected chi connectivity index (χ0v) is 14.4. The van der Waals surface area contributed by atoms with Crippen molar-refractivity contribution in [2.75, 3.05) is 13.2 Å². The van der Waals surface area contributed by atoms with Crippen molar-refractivity contribution in [3.8, 4) is 17.2 Å². The molecule has 0 amide bonds. The number of hydrogen-bond acceptors (Lipinski definition) is 6. The van der Waals surface area contributed by atoms with E-state index in [4.69, 9.17) is 13.9 Å². The Hall–Kier alpha value is -3.02. The highest BCUT2D eigenvalue weighted by Crippen LogP contribution is 2.26. The zero-order chi connectivity index (χ0) is 18.4. The predicted molar refractivity (Wildman–Crippen MR) is 93.5 cm³/mol. The van der Waals surface area contributed by atoms with Crippen LogP contribution >= 0.6 is 0 Å². The minimum atomic E-state index is -0.871. The first-order valence-electron chi connectivity index (χ1n) is 7.92. The van der Waals surface area contributed by atoms with Crippen LogP contribution < -0.4 is 15.1 Å². The van der Waals surface area contributed by atoms with Crippen molar-refractivity contribution in [3.05, 3.63) is 57.6 Å². The number of hydrogen-bond donors (Lipinski definition) is 1. The van der Waals surface area contributed by atoms with Gasteiger partial charge in [-0.1, -0.05) is 0 Å². The first-order valence-corrected chi connectivity index (χ1v) is 7.92. The number of carbonyl (C=O) groups is 1. The Balaban J connectivity index is 2.32. The van der Waals surface area contributed by atoms with Crippen LogP contribution in [0.15, 0.2) is 39.6 Å². The Morgan fingerprint density at radius 2 is 1.92 bits per heavy atom. The van der Waals surface area contributed by atoms with E-state index >= 15 is 0 Å². The lowest BCUT2D eigenvalue weighted by Gasteiger charge is -2.10. The monoisotopic (exact) mass is 344 g/mol. The second-order valence-electron chi connectivity index (χ2n) is 5.17. The van der Waals surface area contributed by atoms with Gasteiger partial charge < -0.3 is 19.0 Å². The van der Waals surface area contributed by atoms with E-state index in [1.54, 1.807) is 18.2 Å². The molecule has 1 heterocycles. The van der Waals surface area contributed by atoms with Crippen LogP contribution in [0, 0.1) is 6.92 Å². The maximum absolute atomic E-state index is 12.2. The van der Waals surface area contributed by atoms with Gasteiger partial charge in [0.15, 0.2) is 5.78 Å². The van der Waals surface area contributed by atoms with E-state index in [1.165, 1.54) is 25.1 Å². The van der Waals surface area contributed by atoms with Gasteiger partial charge in [0.1, 0.15) is 28.6 Å². The van der Waals surface area contributed by atoms with E-state index in [0.29, 0.717) is 30.3 Å². The van der Waals surface area contributed by atoms with Crippen molar-refractivity contribution < 1.29 is 23.8 Å². The summed E-state index contributed by atoms with van der Waals surface area (Å²) in [6, 6.07) is 6.46. The van der Waals surface area contributed by atoms with Crippen LogP contribution in [0.25, 0.3) is 6.08 Å². The molecule has 0 fully saturated rings. The number of carbonyl (C=O) groups excluding carboxylic acids is 1. The number of ether oxygens (including phenoxy) is 2. The molecule has 0 aliphatic heterocycles. The minimum absolute atomic E-state index is 0.230. The van der Waals surface area contributed by atoms with Crippen LogP contribution in [0.4, 0.5) is 0 Å². The largest absolute Gasteiger partial charge is 0.507 e. The molecule has 0 unspecified atom stereocenters. The fraction of sp³-hybridized carbons (Fsp3) is 0.263. The van der Waals surface area contributed by atoms with Gasteiger partial charge in [0.2, 0.25) is 0 Å². The van der Waals surface area contributed by atoms with E-state index < -0.39 is 22.7 Å². The van der Waals surface area contributed by atoms with Crippen LogP contribution in [0.1, 0.15) is 35.5 Å². The average Bonchev–Trinajstić information content (AvgIpc) is 2.53. The molecule has 1 aromatic carbocycles. The maximum atomic E-state index is 12.2. The summed E-state index contributed by atoms with van der Waals surface area (Å²) in [6.45, 7) is 6.22. The first kappa shape index (κ1) is 18.3. The molecule has 132 valence electrons.